The highest BCUT2D eigenvalue weighted by Gasteiger charge is 2.19. The zero-order valence-corrected chi connectivity index (χ0v) is 12.9. The van der Waals surface area contributed by atoms with Crippen molar-refractivity contribution in [1.29, 1.82) is 0 Å². The molecule has 0 heterocycles. The van der Waals surface area contributed by atoms with Gasteiger partial charge in [0.1, 0.15) is 0 Å². The highest BCUT2D eigenvalue weighted by atomic mass is 31.2. The van der Waals surface area contributed by atoms with Crippen LogP contribution < -0.4 is 9.26 Å². The van der Waals surface area contributed by atoms with Gasteiger partial charge in [-0.3, -0.25) is 14.3 Å². The molecule has 0 aliphatic carbocycles. The van der Waals surface area contributed by atoms with Crippen LogP contribution in [-0.4, -0.2) is 33.3 Å². The molecule has 0 amide bonds. The number of aryl methyl sites for hydroxylation is 1. The van der Waals surface area contributed by atoms with E-state index in [1.165, 1.54) is 19.2 Å². The number of phosphoric acid groups is 2. The van der Waals surface area contributed by atoms with Crippen LogP contribution >= 0.6 is 15.6 Å². The molecule has 21 heavy (non-hydrogen) atoms. The van der Waals surface area contributed by atoms with Crippen LogP contribution in [-0.2, 0) is 20.1 Å². The van der Waals surface area contributed by atoms with E-state index in [2.05, 4.69) is 9.05 Å². The number of ether oxygens (including phenoxy) is 1. The Morgan fingerprint density at radius 2 is 1.71 bits per heavy atom. The fourth-order valence-corrected chi connectivity index (χ4v) is 2.30. The van der Waals surface area contributed by atoms with E-state index in [0.717, 1.165) is 5.56 Å². The second-order valence-electron chi connectivity index (χ2n) is 3.99. The van der Waals surface area contributed by atoms with E-state index >= 15 is 0 Å². The van der Waals surface area contributed by atoms with Crippen LogP contribution in [0.2, 0.25) is 0 Å². The largest absolute Gasteiger partial charge is 0.524 e. The van der Waals surface area contributed by atoms with Crippen LogP contribution in [0.1, 0.15) is 12.0 Å². The summed E-state index contributed by atoms with van der Waals surface area (Å²) < 4.78 is 35.0. The third-order valence-corrected chi connectivity index (χ3v) is 3.27. The molecule has 0 atom stereocenters. The third-order valence-electron chi connectivity index (χ3n) is 2.31. The first-order valence-corrected chi connectivity index (χ1v) is 8.79. The monoisotopic (exact) mass is 342 g/mol. The fourth-order valence-electron chi connectivity index (χ4n) is 1.53. The van der Waals surface area contributed by atoms with Gasteiger partial charge in [0, 0.05) is 0 Å². The average Bonchev–Trinajstić information content (AvgIpc) is 2.33. The molecule has 1 aromatic carbocycles. The van der Waals surface area contributed by atoms with Gasteiger partial charge in [-0.15, -0.1) is 0 Å². The lowest BCUT2D eigenvalue weighted by Gasteiger charge is -2.12. The van der Waals surface area contributed by atoms with Crippen molar-refractivity contribution in [3.8, 4) is 11.5 Å². The van der Waals surface area contributed by atoms with E-state index in [1.54, 1.807) is 6.07 Å². The maximum Gasteiger partial charge on any atom is 0.524 e. The SMILES string of the molecule is COc1cc(CCCOP(=O)(O)O)ccc1OP(=O)(O)O. The van der Waals surface area contributed by atoms with E-state index in [4.69, 9.17) is 24.3 Å². The highest BCUT2D eigenvalue weighted by molar-refractivity contribution is 7.46. The molecule has 0 bridgehead atoms. The molecule has 0 fully saturated rings. The van der Waals surface area contributed by atoms with Gasteiger partial charge in [-0.25, -0.2) is 9.13 Å². The summed E-state index contributed by atoms with van der Waals surface area (Å²) in [6.07, 6.45) is 0.791. The Bertz CT molecular complexity index is 562. The van der Waals surface area contributed by atoms with Crippen molar-refractivity contribution in [2.45, 2.75) is 12.8 Å². The number of rotatable bonds is 8. The van der Waals surface area contributed by atoms with Gasteiger partial charge in [0.25, 0.3) is 0 Å². The zero-order chi connectivity index (χ0) is 16.1. The molecule has 0 aliphatic heterocycles. The van der Waals surface area contributed by atoms with Crippen molar-refractivity contribution in [3.63, 3.8) is 0 Å². The van der Waals surface area contributed by atoms with Crippen LogP contribution in [0, 0.1) is 0 Å². The zero-order valence-electron chi connectivity index (χ0n) is 11.1. The van der Waals surface area contributed by atoms with Gasteiger partial charge in [-0.2, -0.15) is 0 Å². The lowest BCUT2D eigenvalue weighted by molar-refractivity contribution is 0.195. The molecule has 0 saturated heterocycles. The Morgan fingerprint density at radius 1 is 1.05 bits per heavy atom. The second kappa shape index (κ2) is 7.38. The summed E-state index contributed by atoms with van der Waals surface area (Å²) in [5.41, 5.74) is 0.735. The normalized spacial score (nSPS) is 12.2. The van der Waals surface area contributed by atoms with E-state index in [0.29, 0.717) is 12.8 Å². The van der Waals surface area contributed by atoms with Gasteiger partial charge in [0.05, 0.1) is 13.7 Å². The summed E-state index contributed by atoms with van der Waals surface area (Å²) in [6, 6.07) is 4.42. The van der Waals surface area contributed by atoms with Crippen LogP contribution in [0.4, 0.5) is 0 Å². The molecule has 1 rings (SSSR count). The minimum Gasteiger partial charge on any atom is -0.493 e. The van der Waals surface area contributed by atoms with Gasteiger partial charge in [0.15, 0.2) is 11.5 Å². The molecule has 9 nitrogen and oxygen atoms in total. The van der Waals surface area contributed by atoms with Crippen LogP contribution in [0.25, 0.3) is 0 Å². The van der Waals surface area contributed by atoms with Crippen LogP contribution in [0.3, 0.4) is 0 Å². The molecular formula is C10H16O9P2. The summed E-state index contributed by atoms with van der Waals surface area (Å²) in [4.78, 5) is 34.5. The lowest BCUT2D eigenvalue weighted by Crippen LogP contribution is -1.97. The maximum atomic E-state index is 10.8. The minimum atomic E-state index is -4.67. The molecule has 120 valence electrons. The first-order chi connectivity index (χ1) is 9.61. The Kier molecular flexibility index (Phi) is 6.37. The first-order valence-electron chi connectivity index (χ1n) is 5.73. The van der Waals surface area contributed by atoms with E-state index < -0.39 is 15.6 Å². The number of benzene rings is 1. The van der Waals surface area contributed by atoms with Crippen LogP contribution in [0.15, 0.2) is 18.2 Å². The molecule has 0 unspecified atom stereocenters. The summed E-state index contributed by atoms with van der Waals surface area (Å²) in [7, 11) is -7.82. The Morgan fingerprint density at radius 3 is 2.24 bits per heavy atom. The van der Waals surface area contributed by atoms with Crippen molar-refractivity contribution < 1.29 is 42.5 Å². The number of hydrogen-bond donors (Lipinski definition) is 4. The Balaban J connectivity index is 2.65. The lowest BCUT2D eigenvalue weighted by atomic mass is 10.1. The minimum absolute atomic E-state index is 0.0962. The van der Waals surface area contributed by atoms with Crippen molar-refractivity contribution in [3.05, 3.63) is 23.8 Å². The molecule has 0 spiro atoms. The van der Waals surface area contributed by atoms with Gasteiger partial charge in [-0.05, 0) is 30.5 Å². The number of phosphoric ester groups is 2. The summed E-state index contributed by atoms with van der Waals surface area (Å²) in [6.45, 7) is -0.118. The molecule has 0 aromatic heterocycles. The topological polar surface area (TPSA) is 143 Å². The Labute approximate surface area is 121 Å². The molecule has 11 heteroatoms. The molecule has 0 radical (unpaired) electrons. The summed E-state index contributed by atoms with van der Waals surface area (Å²) in [5.74, 6) is 0.0489. The molecule has 0 aliphatic rings. The van der Waals surface area contributed by atoms with Crippen molar-refractivity contribution >= 4 is 15.6 Å². The van der Waals surface area contributed by atoms with Crippen molar-refractivity contribution in [1.82, 2.24) is 0 Å². The van der Waals surface area contributed by atoms with Gasteiger partial charge < -0.3 is 19.0 Å². The number of hydrogen-bond acceptors (Lipinski definition) is 5. The third kappa shape index (κ3) is 7.59. The predicted octanol–water partition coefficient (Wildman–Crippen LogP) is 1.21. The van der Waals surface area contributed by atoms with E-state index in [9.17, 15) is 9.13 Å². The van der Waals surface area contributed by atoms with Crippen molar-refractivity contribution in [2.75, 3.05) is 13.7 Å². The van der Waals surface area contributed by atoms with Crippen LogP contribution in [0.5, 0.6) is 11.5 Å². The first kappa shape index (κ1) is 18.1. The molecule has 0 saturated carbocycles. The Hall–Kier alpha value is -0.920. The average molecular weight is 342 g/mol. The quantitative estimate of drug-likeness (QED) is 0.405. The summed E-state index contributed by atoms with van der Waals surface area (Å²) in [5, 5.41) is 0. The van der Waals surface area contributed by atoms with Gasteiger partial charge in [0.2, 0.25) is 0 Å². The molecule has 4 N–H and O–H groups in total. The van der Waals surface area contributed by atoms with E-state index in [-0.39, 0.29) is 18.1 Å². The summed E-state index contributed by atoms with van der Waals surface area (Å²) >= 11 is 0. The maximum absolute atomic E-state index is 10.8. The number of methoxy groups -OCH3 is 1. The van der Waals surface area contributed by atoms with Gasteiger partial charge in [-0.1, -0.05) is 6.07 Å². The van der Waals surface area contributed by atoms with E-state index in [1.807, 2.05) is 0 Å². The second-order valence-corrected chi connectivity index (χ2v) is 6.40. The van der Waals surface area contributed by atoms with Gasteiger partial charge >= 0.3 is 15.6 Å². The predicted molar refractivity (Wildman–Crippen MR) is 72.0 cm³/mol. The smallest absolute Gasteiger partial charge is 0.493 e. The van der Waals surface area contributed by atoms with Crippen molar-refractivity contribution in [2.24, 2.45) is 0 Å². The molecular weight excluding hydrogens is 326 g/mol. The highest BCUT2D eigenvalue weighted by Crippen LogP contribution is 2.42. The molecule has 1 aromatic rings. The standard InChI is InChI=1S/C10H16O9P2/c1-17-10-7-8(3-2-6-18-20(11,12)13)4-5-9(10)19-21(14,15)16/h4-5,7H,2-3,6H2,1H3,(H2,11,12,13)(H2,14,15,16). The fraction of sp³-hybridized carbons (Fsp3) is 0.400.